The van der Waals surface area contributed by atoms with Crippen molar-refractivity contribution in [2.45, 2.75) is 64.6 Å². The Kier molecular flexibility index (Phi) is 5.79. The highest BCUT2D eigenvalue weighted by Gasteiger charge is 2.25. The molecule has 21 heavy (non-hydrogen) atoms. The second-order valence-corrected chi connectivity index (χ2v) is 6.06. The number of carbonyl (C=O) groups excluding carboxylic acids is 1. The van der Waals surface area contributed by atoms with Gasteiger partial charge in [-0.3, -0.25) is 9.69 Å². The summed E-state index contributed by atoms with van der Waals surface area (Å²) in [6, 6.07) is 0.366. The second kappa shape index (κ2) is 7.59. The molecule has 0 aliphatic heterocycles. The molecule has 1 amide bonds. The van der Waals surface area contributed by atoms with Crippen molar-refractivity contribution in [2.75, 3.05) is 13.6 Å². The predicted molar refractivity (Wildman–Crippen MR) is 84.1 cm³/mol. The van der Waals surface area contributed by atoms with Crippen LogP contribution in [0.4, 0.5) is 0 Å². The number of carbonyl (C=O) groups is 1. The Bertz CT molecular complexity index is 451. The average molecular weight is 292 g/mol. The van der Waals surface area contributed by atoms with E-state index in [2.05, 4.69) is 26.7 Å². The Morgan fingerprint density at radius 2 is 2.24 bits per heavy atom. The highest BCUT2D eigenvalue weighted by atomic mass is 16.2. The Morgan fingerprint density at radius 1 is 1.52 bits per heavy atom. The number of amides is 1. The molecule has 1 aromatic rings. The quantitative estimate of drug-likeness (QED) is 0.836. The molecule has 0 bridgehead atoms. The number of nitrogens with zero attached hydrogens (tertiary/aromatic N) is 3. The van der Waals surface area contributed by atoms with E-state index in [4.69, 9.17) is 0 Å². The number of nitrogens with one attached hydrogen (secondary N) is 1. The van der Waals surface area contributed by atoms with Crippen LogP contribution in [0.25, 0.3) is 0 Å². The zero-order chi connectivity index (χ0) is 15.2. The van der Waals surface area contributed by atoms with Gasteiger partial charge >= 0.3 is 0 Å². The fourth-order valence-corrected chi connectivity index (χ4v) is 3.13. The van der Waals surface area contributed by atoms with Crippen molar-refractivity contribution in [2.24, 2.45) is 0 Å². The summed E-state index contributed by atoms with van der Waals surface area (Å²) in [6.07, 6.45) is 9.43. The van der Waals surface area contributed by atoms with Gasteiger partial charge in [-0.25, -0.2) is 4.98 Å². The Hall–Kier alpha value is -1.36. The largest absolute Gasteiger partial charge is 0.352 e. The average Bonchev–Trinajstić information content (AvgIpc) is 3.09. The zero-order valence-corrected chi connectivity index (χ0v) is 13.5. The summed E-state index contributed by atoms with van der Waals surface area (Å²) in [5.41, 5.74) is 0. The second-order valence-electron chi connectivity index (χ2n) is 6.06. The molecule has 0 saturated heterocycles. The van der Waals surface area contributed by atoms with Crippen molar-refractivity contribution >= 4 is 5.91 Å². The number of rotatable bonds is 7. The van der Waals surface area contributed by atoms with Crippen LogP contribution >= 0.6 is 0 Å². The minimum absolute atomic E-state index is 0.0329. The fourth-order valence-electron chi connectivity index (χ4n) is 3.13. The van der Waals surface area contributed by atoms with Crippen LogP contribution in [0.5, 0.6) is 0 Å². The molecule has 0 unspecified atom stereocenters. The van der Waals surface area contributed by atoms with Gasteiger partial charge in [0.1, 0.15) is 5.82 Å². The van der Waals surface area contributed by atoms with Gasteiger partial charge in [-0.05, 0) is 33.2 Å². The van der Waals surface area contributed by atoms with E-state index in [1.54, 1.807) is 0 Å². The van der Waals surface area contributed by atoms with Crippen LogP contribution in [-0.2, 0) is 11.3 Å². The maximum atomic E-state index is 12.4. The molecule has 1 aliphatic carbocycles. The highest BCUT2D eigenvalue weighted by molar-refractivity contribution is 5.81. The molecular formula is C16H28N4O. The predicted octanol–water partition coefficient (Wildman–Crippen LogP) is 1.96. The van der Waals surface area contributed by atoms with E-state index < -0.39 is 0 Å². The van der Waals surface area contributed by atoms with Crippen LogP contribution in [0.1, 0.15) is 44.9 Å². The van der Waals surface area contributed by atoms with E-state index in [1.807, 2.05) is 26.4 Å². The van der Waals surface area contributed by atoms with Gasteiger partial charge < -0.3 is 9.88 Å². The van der Waals surface area contributed by atoms with Crippen LogP contribution in [0, 0.1) is 6.92 Å². The molecule has 5 heteroatoms. The molecule has 1 aromatic heterocycles. The van der Waals surface area contributed by atoms with Crippen LogP contribution in [0.15, 0.2) is 12.4 Å². The first-order valence-corrected chi connectivity index (χ1v) is 8.10. The maximum Gasteiger partial charge on any atom is 0.237 e. The lowest BCUT2D eigenvalue weighted by Gasteiger charge is -2.27. The van der Waals surface area contributed by atoms with Crippen molar-refractivity contribution in [1.29, 1.82) is 0 Å². The van der Waals surface area contributed by atoms with Crippen molar-refractivity contribution < 1.29 is 4.79 Å². The van der Waals surface area contributed by atoms with E-state index in [-0.39, 0.29) is 11.9 Å². The van der Waals surface area contributed by atoms with Crippen molar-refractivity contribution in [3.8, 4) is 0 Å². The van der Waals surface area contributed by atoms with Crippen molar-refractivity contribution in [3.63, 3.8) is 0 Å². The molecule has 0 spiro atoms. The minimum atomic E-state index is -0.0329. The first kappa shape index (κ1) is 16.0. The lowest BCUT2D eigenvalue weighted by atomic mass is 10.1. The zero-order valence-electron chi connectivity index (χ0n) is 13.5. The molecule has 5 nitrogen and oxygen atoms in total. The number of hydrogen-bond acceptors (Lipinski definition) is 3. The van der Waals surface area contributed by atoms with Crippen LogP contribution in [0.3, 0.4) is 0 Å². The van der Waals surface area contributed by atoms with E-state index in [0.29, 0.717) is 6.04 Å². The topological polar surface area (TPSA) is 50.2 Å². The van der Waals surface area contributed by atoms with Gasteiger partial charge in [0.25, 0.3) is 0 Å². The summed E-state index contributed by atoms with van der Waals surface area (Å²) < 4.78 is 2.12. The molecule has 1 atom stereocenters. The summed E-state index contributed by atoms with van der Waals surface area (Å²) in [5.74, 6) is 1.21. The molecule has 1 saturated carbocycles. The van der Waals surface area contributed by atoms with Crippen molar-refractivity contribution in [1.82, 2.24) is 19.8 Å². The minimum Gasteiger partial charge on any atom is -0.352 e. The van der Waals surface area contributed by atoms with E-state index in [0.717, 1.165) is 38.2 Å². The molecule has 118 valence electrons. The summed E-state index contributed by atoms with van der Waals surface area (Å²) >= 11 is 0. The third-order valence-corrected chi connectivity index (χ3v) is 4.54. The first-order valence-electron chi connectivity index (χ1n) is 8.10. The Balaban J connectivity index is 1.83. The Labute approximate surface area is 127 Å². The van der Waals surface area contributed by atoms with Gasteiger partial charge in [-0.2, -0.15) is 0 Å². The molecule has 2 rings (SSSR count). The van der Waals surface area contributed by atoms with Crippen molar-refractivity contribution in [3.05, 3.63) is 18.2 Å². The lowest BCUT2D eigenvalue weighted by Crippen LogP contribution is -2.48. The molecule has 0 radical (unpaired) electrons. The number of aromatic nitrogens is 2. The van der Waals surface area contributed by atoms with E-state index in [9.17, 15) is 4.79 Å². The molecule has 1 N–H and O–H groups in total. The monoisotopic (exact) mass is 292 g/mol. The molecule has 1 aliphatic rings. The van der Waals surface area contributed by atoms with Gasteiger partial charge in [-0.1, -0.05) is 19.8 Å². The van der Waals surface area contributed by atoms with Gasteiger partial charge in [0.15, 0.2) is 0 Å². The SMILES string of the molecule is CC[C@@H](C(=O)NC1CCCC1)N(C)CCn1ccnc1C. The number of aryl methyl sites for hydroxylation is 1. The van der Waals surface area contributed by atoms with Crippen LogP contribution < -0.4 is 5.32 Å². The first-order chi connectivity index (χ1) is 10.1. The molecular weight excluding hydrogens is 264 g/mol. The maximum absolute atomic E-state index is 12.4. The van der Waals surface area contributed by atoms with Crippen LogP contribution in [0.2, 0.25) is 0 Å². The summed E-state index contributed by atoms with van der Waals surface area (Å²) in [5, 5.41) is 3.22. The van der Waals surface area contributed by atoms with Crippen LogP contribution in [-0.4, -0.2) is 46.0 Å². The number of hydrogen-bond donors (Lipinski definition) is 1. The standard InChI is InChI=1S/C16H28N4O/c1-4-15(16(21)18-14-7-5-6-8-14)19(3)11-12-20-10-9-17-13(20)2/h9-10,14-15H,4-8,11-12H2,1-3H3,(H,18,21)/t15-/m0/s1. The van der Waals surface area contributed by atoms with Gasteiger partial charge in [0.05, 0.1) is 6.04 Å². The number of likely N-dealkylation sites (N-methyl/N-ethyl adjacent to an activating group) is 1. The van der Waals surface area contributed by atoms with Gasteiger partial charge in [0, 0.05) is 31.5 Å². The molecule has 1 fully saturated rings. The normalized spacial score (nSPS) is 17.3. The smallest absolute Gasteiger partial charge is 0.237 e. The third-order valence-electron chi connectivity index (χ3n) is 4.54. The lowest BCUT2D eigenvalue weighted by molar-refractivity contribution is -0.126. The van der Waals surface area contributed by atoms with Gasteiger partial charge in [-0.15, -0.1) is 0 Å². The summed E-state index contributed by atoms with van der Waals surface area (Å²) in [7, 11) is 2.04. The summed E-state index contributed by atoms with van der Waals surface area (Å²) in [6.45, 7) is 5.81. The van der Waals surface area contributed by atoms with Gasteiger partial charge in [0.2, 0.25) is 5.91 Å². The van der Waals surface area contributed by atoms with E-state index >= 15 is 0 Å². The Morgan fingerprint density at radius 3 is 2.81 bits per heavy atom. The molecule has 0 aromatic carbocycles. The van der Waals surface area contributed by atoms with E-state index in [1.165, 1.54) is 12.8 Å². The summed E-state index contributed by atoms with van der Waals surface area (Å²) in [4.78, 5) is 18.8. The third kappa shape index (κ3) is 4.30. The number of imidazole rings is 1. The molecule has 1 heterocycles. The highest BCUT2D eigenvalue weighted by Crippen LogP contribution is 2.18. The fraction of sp³-hybridized carbons (Fsp3) is 0.750.